The summed E-state index contributed by atoms with van der Waals surface area (Å²) in [4.78, 5) is 38.7. The van der Waals surface area contributed by atoms with Crippen LogP contribution >= 0.6 is 11.6 Å². The Morgan fingerprint density at radius 1 is 1.24 bits per heavy atom. The second kappa shape index (κ2) is 9.09. The van der Waals surface area contributed by atoms with Crippen LogP contribution in [0.5, 0.6) is 0 Å². The summed E-state index contributed by atoms with van der Waals surface area (Å²) in [6.45, 7) is 4.10. The minimum Gasteiger partial charge on any atom is -0.452 e. The molecule has 0 saturated carbocycles. The number of likely N-dealkylation sites (tertiary alicyclic amines) is 1. The van der Waals surface area contributed by atoms with Crippen molar-refractivity contribution in [3.63, 3.8) is 0 Å². The van der Waals surface area contributed by atoms with Crippen LogP contribution in [0.3, 0.4) is 0 Å². The molecule has 0 radical (unpaired) electrons. The second-order valence-corrected chi connectivity index (χ2v) is 7.60. The number of esters is 1. The number of nitrogens with zero attached hydrogens (tertiary/aromatic N) is 1. The van der Waals surface area contributed by atoms with Crippen molar-refractivity contribution in [3.8, 4) is 0 Å². The number of nitrogens with one attached hydrogen (secondary N) is 1. The van der Waals surface area contributed by atoms with Gasteiger partial charge in [0.15, 0.2) is 6.10 Å². The lowest BCUT2D eigenvalue weighted by molar-refractivity contribution is -0.157. The summed E-state index contributed by atoms with van der Waals surface area (Å²) in [6, 6.07) is 14.7. The highest BCUT2D eigenvalue weighted by Crippen LogP contribution is 2.23. The lowest BCUT2D eigenvalue weighted by Crippen LogP contribution is -2.33. The highest BCUT2D eigenvalue weighted by molar-refractivity contribution is 6.31. The van der Waals surface area contributed by atoms with E-state index in [9.17, 15) is 14.4 Å². The maximum Gasteiger partial charge on any atom is 0.312 e. The first-order chi connectivity index (χ1) is 13.8. The fourth-order valence-corrected chi connectivity index (χ4v) is 3.31. The van der Waals surface area contributed by atoms with Gasteiger partial charge in [0.2, 0.25) is 5.91 Å². The third-order valence-electron chi connectivity index (χ3n) is 4.87. The summed E-state index contributed by atoms with van der Waals surface area (Å²) in [7, 11) is 0. The first kappa shape index (κ1) is 20.9. The fourth-order valence-electron chi connectivity index (χ4n) is 3.13. The van der Waals surface area contributed by atoms with Crippen molar-refractivity contribution in [1.29, 1.82) is 0 Å². The Labute approximate surface area is 174 Å². The Balaban J connectivity index is 1.53. The standard InChI is InChI=1S/C22H23ClN2O4/c1-14-8-9-18(11-19(14)23)24-21(27)15(2)29-22(28)17-10-20(26)25(13-17)12-16-6-4-3-5-7-16/h3-9,11,15,17H,10,12-13H2,1-2H3,(H,24,27)/t15-,17-/m0/s1. The molecule has 1 aliphatic heterocycles. The molecule has 2 aromatic carbocycles. The van der Waals surface area contributed by atoms with E-state index in [1.807, 2.05) is 37.3 Å². The van der Waals surface area contributed by atoms with Crippen LogP contribution in [0.1, 0.15) is 24.5 Å². The lowest BCUT2D eigenvalue weighted by atomic mass is 10.1. The van der Waals surface area contributed by atoms with Gasteiger partial charge in [0.25, 0.3) is 5.91 Å². The SMILES string of the molecule is Cc1ccc(NC(=O)[C@H](C)OC(=O)[C@H]2CC(=O)N(Cc3ccccc3)C2)cc1Cl. The van der Waals surface area contributed by atoms with Crippen LogP contribution in [-0.4, -0.2) is 35.3 Å². The van der Waals surface area contributed by atoms with Gasteiger partial charge in [0, 0.05) is 30.2 Å². The van der Waals surface area contributed by atoms with Crippen LogP contribution < -0.4 is 5.32 Å². The molecule has 1 N–H and O–H groups in total. The molecule has 0 unspecified atom stereocenters. The first-order valence-electron chi connectivity index (χ1n) is 9.42. The summed E-state index contributed by atoms with van der Waals surface area (Å²) in [6.07, 6.45) is -0.894. The van der Waals surface area contributed by atoms with Crippen LogP contribution in [0.4, 0.5) is 5.69 Å². The zero-order valence-corrected chi connectivity index (χ0v) is 17.1. The summed E-state index contributed by atoms with van der Waals surface area (Å²) >= 11 is 6.06. The maximum absolute atomic E-state index is 12.5. The van der Waals surface area contributed by atoms with Crippen molar-refractivity contribution in [3.05, 3.63) is 64.7 Å². The average molecular weight is 415 g/mol. The molecular formula is C22H23ClN2O4. The van der Waals surface area contributed by atoms with Gasteiger partial charge in [-0.05, 0) is 37.1 Å². The molecule has 1 aliphatic rings. The maximum atomic E-state index is 12.5. The largest absolute Gasteiger partial charge is 0.452 e. The third kappa shape index (κ3) is 5.35. The second-order valence-electron chi connectivity index (χ2n) is 7.19. The summed E-state index contributed by atoms with van der Waals surface area (Å²) in [5.74, 6) is -1.67. The number of carbonyl (C=O) groups is 3. The van der Waals surface area contributed by atoms with Gasteiger partial charge in [0.05, 0.1) is 5.92 Å². The van der Waals surface area contributed by atoms with E-state index in [0.29, 0.717) is 17.3 Å². The molecule has 2 amide bonds. The van der Waals surface area contributed by atoms with Crippen molar-refractivity contribution in [2.24, 2.45) is 5.92 Å². The summed E-state index contributed by atoms with van der Waals surface area (Å²) in [5.41, 5.74) is 2.42. The highest BCUT2D eigenvalue weighted by Gasteiger charge is 2.36. The minimum absolute atomic E-state index is 0.0908. The van der Waals surface area contributed by atoms with Crippen molar-refractivity contribution < 1.29 is 19.1 Å². The van der Waals surface area contributed by atoms with Gasteiger partial charge in [-0.1, -0.05) is 48.0 Å². The number of rotatable bonds is 6. The zero-order chi connectivity index (χ0) is 21.0. The Morgan fingerprint density at radius 2 is 1.97 bits per heavy atom. The number of anilines is 1. The number of hydrogen-bond acceptors (Lipinski definition) is 4. The molecule has 0 aromatic heterocycles. The van der Waals surface area contributed by atoms with Crippen LogP contribution in [0.25, 0.3) is 0 Å². The average Bonchev–Trinajstić information content (AvgIpc) is 3.06. The van der Waals surface area contributed by atoms with Gasteiger partial charge in [-0.2, -0.15) is 0 Å². The minimum atomic E-state index is -0.985. The number of ether oxygens (including phenoxy) is 1. The number of amides is 2. The first-order valence-corrected chi connectivity index (χ1v) is 9.80. The molecule has 0 spiro atoms. The molecule has 1 heterocycles. The van der Waals surface area contributed by atoms with Gasteiger partial charge in [-0.25, -0.2) is 0 Å². The van der Waals surface area contributed by atoms with E-state index in [0.717, 1.165) is 11.1 Å². The Bertz CT molecular complexity index is 916. The van der Waals surface area contributed by atoms with Gasteiger partial charge in [-0.15, -0.1) is 0 Å². The number of benzene rings is 2. The predicted octanol–water partition coefficient (Wildman–Crippen LogP) is 3.57. The van der Waals surface area contributed by atoms with Gasteiger partial charge in [-0.3, -0.25) is 14.4 Å². The molecule has 3 rings (SSSR count). The predicted molar refractivity (Wildman–Crippen MR) is 110 cm³/mol. The lowest BCUT2D eigenvalue weighted by Gasteiger charge is -2.18. The molecule has 152 valence electrons. The van der Waals surface area contributed by atoms with Crippen molar-refractivity contribution in [2.75, 3.05) is 11.9 Å². The number of hydrogen-bond donors (Lipinski definition) is 1. The molecule has 7 heteroatoms. The third-order valence-corrected chi connectivity index (χ3v) is 5.27. The molecule has 0 bridgehead atoms. The Kier molecular flexibility index (Phi) is 6.54. The summed E-state index contributed by atoms with van der Waals surface area (Å²) in [5, 5.41) is 3.22. The van der Waals surface area contributed by atoms with E-state index in [1.54, 1.807) is 23.1 Å². The topological polar surface area (TPSA) is 75.7 Å². The number of halogens is 1. The van der Waals surface area contributed by atoms with Gasteiger partial charge < -0.3 is 15.0 Å². The van der Waals surface area contributed by atoms with E-state index in [-0.39, 0.29) is 18.9 Å². The van der Waals surface area contributed by atoms with E-state index >= 15 is 0 Å². The summed E-state index contributed by atoms with van der Waals surface area (Å²) < 4.78 is 5.31. The van der Waals surface area contributed by atoms with Crippen LogP contribution in [-0.2, 0) is 25.7 Å². The van der Waals surface area contributed by atoms with Crippen LogP contribution in [0, 0.1) is 12.8 Å². The highest BCUT2D eigenvalue weighted by atomic mass is 35.5. The van der Waals surface area contributed by atoms with E-state index in [4.69, 9.17) is 16.3 Å². The van der Waals surface area contributed by atoms with E-state index in [2.05, 4.69) is 5.32 Å². The molecule has 2 aromatic rings. The molecule has 6 nitrogen and oxygen atoms in total. The molecule has 0 aliphatic carbocycles. The van der Waals surface area contributed by atoms with Crippen molar-refractivity contribution >= 4 is 35.1 Å². The normalized spacial score (nSPS) is 17.1. The van der Waals surface area contributed by atoms with Crippen LogP contribution in [0.15, 0.2) is 48.5 Å². The monoisotopic (exact) mass is 414 g/mol. The molecule has 1 fully saturated rings. The molecular weight excluding hydrogens is 392 g/mol. The van der Waals surface area contributed by atoms with E-state index < -0.39 is 23.9 Å². The Hall–Kier alpha value is -2.86. The molecule has 1 saturated heterocycles. The smallest absolute Gasteiger partial charge is 0.312 e. The van der Waals surface area contributed by atoms with Crippen molar-refractivity contribution in [1.82, 2.24) is 4.90 Å². The Morgan fingerprint density at radius 3 is 2.66 bits per heavy atom. The number of aryl methyl sites for hydroxylation is 1. The molecule has 29 heavy (non-hydrogen) atoms. The number of carbonyl (C=O) groups excluding carboxylic acids is 3. The van der Waals surface area contributed by atoms with E-state index in [1.165, 1.54) is 6.92 Å². The fraction of sp³-hybridized carbons (Fsp3) is 0.318. The van der Waals surface area contributed by atoms with Gasteiger partial charge >= 0.3 is 5.97 Å². The molecule has 2 atom stereocenters. The zero-order valence-electron chi connectivity index (χ0n) is 16.4. The quantitative estimate of drug-likeness (QED) is 0.733. The van der Waals surface area contributed by atoms with Crippen molar-refractivity contribution in [2.45, 2.75) is 32.9 Å². The van der Waals surface area contributed by atoms with Gasteiger partial charge in [0.1, 0.15) is 0 Å². The van der Waals surface area contributed by atoms with Crippen LogP contribution in [0.2, 0.25) is 5.02 Å².